The van der Waals surface area contributed by atoms with E-state index < -0.39 is 32.8 Å². The van der Waals surface area contributed by atoms with Crippen LogP contribution in [0.2, 0.25) is 6.55 Å². The van der Waals surface area contributed by atoms with E-state index in [4.69, 9.17) is 28.5 Å². The van der Waals surface area contributed by atoms with Crippen molar-refractivity contribution in [2.45, 2.75) is 204 Å². The molecule has 0 aliphatic carbocycles. The number of ether oxygens (including phenoxy) is 3. The van der Waals surface area contributed by atoms with E-state index in [1.54, 1.807) is 0 Å². The molecule has 0 spiro atoms. The Morgan fingerprint density at radius 2 is 0.460 bits per heavy atom. The Bertz CT molecular complexity index is 619. The molecular formula is C37H87Li3N3O3P3Si. The molecule has 0 saturated carbocycles. The van der Waals surface area contributed by atoms with Gasteiger partial charge in [-0.3, -0.25) is 0 Å². The minimum Gasteiger partial charge on any atom is -0.668 e. The summed E-state index contributed by atoms with van der Waals surface area (Å²) in [5.41, 5.74) is 0. The molecule has 0 fully saturated rings. The number of hydrogen-bond acceptors (Lipinski definition) is 3. The summed E-state index contributed by atoms with van der Waals surface area (Å²) in [6.07, 6.45) is 0. The molecule has 0 aromatic rings. The second-order valence-electron chi connectivity index (χ2n) is 17.6. The average Bonchev–Trinajstić information content (AvgIpc) is 2.83. The fraction of sp³-hybridized carbons (Fsp3) is 1.00. The predicted molar refractivity (Wildman–Crippen MR) is 227 cm³/mol. The summed E-state index contributed by atoms with van der Waals surface area (Å²) in [4.78, 5) is 0. The maximum absolute atomic E-state index is 5.79. The van der Waals surface area contributed by atoms with Gasteiger partial charge in [-0.1, -0.05) is 125 Å². The zero-order chi connectivity index (χ0) is 38.7. The molecule has 0 N–H and O–H groups in total. The molecule has 0 heterocycles. The minimum absolute atomic E-state index is 0. The van der Waals surface area contributed by atoms with Gasteiger partial charge in [-0.05, 0) is 72.5 Å². The summed E-state index contributed by atoms with van der Waals surface area (Å²) in [5, 5.41) is 0.782. The van der Waals surface area contributed by atoms with Crippen molar-refractivity contribution in [3.63, 3.8) is 0 Å². The van der Waals surface area contributed by atoms with Crippen LogP contribution >= 0.6 is 24.2 Å². The van der Waals surface area contributed by atoms with Crippen LogP contribution in [0.3, 0.4) is 0 Å². The molecule has 0 rings (SSSR count). The van der Waals surface area contributed by atoms with Crippen molar-refractivity contribution in [2.24, 2.45) is 0 Å². The Hall–Kier alpha value is 3.06. The monoisotopic (exact) mass is 764 g/mol. The smallest absolute Gasteiger partial charge is 0.668 e. The van der Waals surface area contributed by atoms with Crippen molar-refractivity contribution >= 4 is 32.8 Å². The van der Waals surface area contributed by atoms with Crippen LogP contribution in [0.4, 0.5) is 0 Å². The van der Waals surface area contributed by atoms with Gasteiger partial charge >= 0.3 is 56.6 Å². The quantitative estimate of drug-likeness (QED) is 0.187. The van der Waals surface area contributed by atoms with E-state index in [1.807, 2.05) is 41.5 Å². The largest absolute Gasteiger partial charge is 1.00 e. The number of nitrogens with zero attached hydrogens (tertiary/aromatic N) is 3. The van der Waals surface area contributed by atoms with Crippen molar-refractivity contribution in [3.05, 3.63) is 14.3 Å². The molecule has 0 aromatic heterocycles. The Morgan fingerprint density at radius 3 is 0.520 bits per heavy atom. The first-order chi connectivity index (χ1) is 20.8. The third kappa shape index (κ3) is 35.5. The SMILES string of the molecule is CC(C)(C)P([N-][Si](C)([N-]P(C(C)(C)C)C(C)(C)C)[N-]P(C(C)(C)C)C(C)(C)C)C(C)(C)C.CCOCC.CCOCC.CCOCC.[Li+].[Li+].[Li+]. The van der Waals surface area contributed by atoms with E-state index in [9.17, 15) is 0 Å². The average molecular weight is 764 g/mol. The van der Waals surface area contributed by atoms with Crippen LogP contribution in [-0.2, 0) is 14.2 Å². The predicted octanol–water partition coefficient (Wildman–Crippen LogP) is 5.80. The third-order valence-corrected chi connectivity index (χ3v) is 20.5. The molecule has 50 heavy (non-hydrogen) atoms. The Morgan fingerprint density at radius 1 is 0.340 bits per heavy atom. The van der Waals surface area contributed by atoms with Crippen LogP contribution in [0.5, 0.6) is 0 Å². The molecule has 0 aliphatic rings. The molecular weight excluding hydrogens is 676 g/mol. The molecule has 0 aromatic carbocycles. The van der Waals surface area contributed by atoms with Gasteiger partial charge in [0.25, 0.3) is 0 Å². The van der Waals surface area contributed by atoms with Gasteiger partial charge in [0.2, 0.25) is 0 Å². The first-order valence-electron chi connectivity index (χ1n) is 18.1. The fourth-order valence-electron chi connectivity index (χ4n) is 5.16. The molecule has 0 radical (unpaired) electrons. The van der Waals surface area contributed by atoms with Crippen LogP contribution in [0.15, 0.2) is 0 Å². The minimum atomic E-state index is -2.64. The Kier molecular flexibility index (Phi) is 42.2. The standard InChI is InChI=1S/C25H57N3P3Si.3C4H10O.3Li/c1-20(2,3)29(21(4,5)6)26-32(19,27-30(22(7,8)9)23(10,11)12)28-31(24(13,14)15)25(16,17)18;3*1-3-5-4-2;;;/h1-19H3;3*3-4H2,1-2H3;;;/q-3;;;;3*+1. The van der Waals surface area contributed by atoms with Gasteiger partial charge in [0.05, 0.1) is 0 Å². The van der Waals surface area contributed by atoms with Crippen molar-refractivity contribution < 1.29 is 70.8 Å². The van der Waals surface area contributed by atoms with Crippen molar-refractivity contribution in [2.75, 3.05) is 39.6 Å². The summed E-state index contributed by atoms with van der Waals surface area (Å²) in [7, 11) is -4.48. The fourth-order valence-corrected chi connectivity index (χ4v) is 24.5. The summed E-state index contributed by atoms with van der Waals surface area (Å²) in [5.74, 6) is 0. The van der Waals surface area contributed by atoms with Crippen molar-refractivity contribution in [1.82, 2.24) is 0 Å². The van der Waals surface area contributed by atoms with Gasteiger partial charge < -0.3 is 37.0 Å². The van der Waals surface area contributed by atoms with E-state index in [0.29, 0.717) is 0 Å². The molecule has 290 valence electrons. The first kappa shape index (κ1) is 67.8. The van der Waals surface area contributed by atoms with Gasteiger partial charge in [-0.2, -0.15) is 0 Å². The number of hydrogen-bond donors (Lipinski definition) is 0. The molecule has 0 bridgehead atoms. The molecule has 0 amide bonds. The normalized spacial score (nSPS) is 12.7. The van der Waals surface area contributed by atoms with Crippen LogP contribution < -0.4 is 56.6 Å². The molecule has 0 aliphatic heterocycles. The molecule has 0 saturated heterocycles. The summed E-state index contributed by atoms with van der Waals surface area (Å²) < 4.78 is 31.9. The summed E-state index contributed by atoms with van der Waals surface area (Å²) >= 11 is 0. The van der Waals surface area contributed by atoms with E-state index in [2.05, 4.69) is 131 Å². The zero-order valence-electron chi connectivity index (χ0n) is 39.7. The Balaban J connectivity index is -0.000000171. The first-order valence-corrected chi connectivity index (χ1v) is 24.3. The maximum Gasteiger partial charge on any atom is 1.00 e. The van der Waals surface area contributed by atoms with Crippen LogP contribution in [0.25, 0.3) is 14.3 Å². The van der Waals surface area contributed by atoms with Gasteiger partial charge in [0, 0.05) is 39.6 Å². The third-order valence-electron chi connectivity index (χ3n) is 5.91. The molecule has 0 unspecified atom stereocenters. The van der Waals surface area contributed by atoms with E-state index >= 15 is 0 Å². The van der Waals surface area contributed by atoms with Gasteiger partial charge in [-0.15, -0.1) is 6.55 Å². The van der Waals surface area contributed by atoms with Crippen molar-refractivity contribution in [1.29, 1.82) is 0 Å². The van der Waals surface area contributed by atoms with E-state index in [1.165, 1.54) is 0 Å². The molecule has 6 nitrogen and oxygen atoms in total. The van der Waals surface area contributed by atoms with Gasteiger partial charge in [0.1, 0.15) is 0 Å². The number of rotatable bonds is 12. The van der Waals surface area contributed by atoms with E-state index in [-0.39, 0.29) is 87.5 Å². The second kappa shape index (κ2) is 31.1. The van der Waals surface area contributed by atoms with Crippen molar-refractivity contribution in [3.8, 4) is 0 Å². The summed E-state index contributed by atoms with van der Waals surface area (Å²) in [6, 6.07) is 0. The maximum atomic E-state index is 5.79. The van der Waals surface area contributed by atoms with Gasteiger partial charge in [-0.25, -0.2) is 24.2 Å². The molecule has 13 heteroatoms. The topological polar surface area (TPSA) is 70.0 Å². The van der Waals surface area contributed by atoms with Crippen LogP contribution in [0, 0.1) is 0 Å². The summed E-state index contributed by atoms with van der Waals surface area (Å²) in [6.45, 7) is 61.8. The second-order valence-corrected chi connectivity index (χ2v) is 31.8. The Labute approximate surface area is 358 Å². The van der Waals surface area contributed by atoms with Gasteiger partial charge in [0.15, 0.2) is 0 Å². The van der Waals surface area contributed by atoms with Crippen LogP contribution in [-0.4, -0.2) is 79.1 Å². The van der Waals surface area contributed by atoms with Crippen LogP contribution in [0.1, 0.15) is 166 Å². The van der Waals surface area contributed by atoms with E-state index in [0.717, 1.165) is 39.6 Å². The molecule has 0 atom stereocenters. The zero-order valence-corrected chi connectivity index (χ0v) is 43.3.